The highest BCUT2D eigenvalue weighted by Crippen LogP contribution is 2.25. The van der Waals surface area contributed by atoms with Crippen LogP contribution in [-0.2, 0) is 10.0 Å². The lowest BCUT2D eigenvalue weighted by molar-refractivity contribution is 0.197. The van der Waals surface area contributed by atoms with Crippen LogP contribution in [0.25, 0.3) is 0 Å². The SMILES string of the molecule is CN1CCC(N(C)S(=O)(=O)c2ccc(Nc3nccc(Nc4ccc(F)c(Cl)c4)n3)cc2)CC1. The fourth-order valence-corrected chi connectivity index (χ4v) is 5.37. The lowest BCUT2D eigenvalue weighted by Crippen LogP contribution is -2.44. The third-order valence-corrected chi connectivity index (χ3v) is 8.05. The summed E-state index contributed by atoms with van der Waals surface area (Å²) in [5.74, 6) is 0.302. The number of benzene rings is 2. The van der Waals surface area contributed by atoms with Crippen molar-refractivity contribution in [3.63, 3.8) is 0 Å². The molecule has 0 saturated carbocycles. The van der Waals surface area contributed by atoms with E-state index in [1.807, 2.05) is 7.05 Å². The molecule has 0 aliphatic carbocycles. The molecule has 11 heteroatoms. The van der Waals surface area contributed by atoms with Gasteiger partial charge < -0.3 is 15.5 Å². The molecule has 1 fully saturated rings. The molecule has 2 heterocycles. The summed E-state index contributed by atoms with van der Waals surface area (Å²) in [6.07, 6.45) is 3.20. The number of anilines is 4. The van der Waals surface area contributed by atoms with Gasteiger partial charge in [0.05, 0.1) is 9.92 Å². The second-order valence-electron chi connectivity index (χ2n) is 8.22. The smallest absolute Gasteiger partial charge is 0.243 e. The number of sulfonamides is 1. The van der Waals surface area contributed by atoms with Crippen LogP contribution in [0.15, 0.2) is 59.6 Å². The van der Waals surface area contributed by atoms with Crippen molar-refractivity contribution in [2.45, 2.75) is 23.8 Å². The third-order valence-electron chi connectivity index (χ3n) is 5.84. The molecule has 1 aliphatic rings. The number of halogens is 2. The molecule has 34 heavy (non-hydrogen) atoms. The van der Waals surface area contributed by atoms with E-state index in [1.54, 1.807) is 49.6 Å². The number of nitrogens with zero attached hydrogens (tertiary/aromatic N) is 4. The minimum atomic E-state index is -3.59. The molecule has 3 aromatic rings. The zero-order valence-corrected chi connectivity index (χ0v) is 20.4. The largest absolute Gasteiger partial charge is 0.340 e. The van der Waals surface area contributed by atoms with E-state index in [-0.39, 0.29) is 16.0 Å². The molecule has 0 unspecified atom stereocenters. The standard InChI is InChI=1S/C23H26ClFN6O2S/c1-30-13-10-18(11-14-30)31(2)34(32,33)19-6-3-16(4-7-19)28-23-26-12-9-22(29-23)27-17-5-8-21(25)20(24)15-17/h3-9,12,15,18H,10-11,13-14H2,1-2H3,(H2,26,27,28,29). The highest BCUT2D eigenvalue weighted by atomic mass is 35.5. The van der Waals surface area contributed by atoms with E-state index in [2.05, 4.69) is 25.5 Å². The van der Waals surface area contributed by atoms with Crippen LogP contribution < -0.4 is 10.6 Å². The van der Waals surface area contributed by atoms with Crippen LogP contribution in [0.2, 0.25) is 5.02 Å². The van der Waals surface area contributed by atoms with E-state index in [4.69, 9.17) is 11.6 Å². The highest BCUT2D eigenvalue weighted by molar-refractivity contribution is 7.89. The molecule has 2 N–H and O–H groups in total. The predicted molar refractivity (Wildman–Crippen MR) is 132 cm³/mol. The zero-order valence-electron chi connectivity index (χ0n) is 18.9. The van der Waals surface area contributed by atoms with E-state index in [0.717, 1.165) is 25.9 Å². The first-order chi connectivity index (χ1) is 16.2. The van der Waals surface area contributed by atoms with Crippen LogP contribution >= 0.6 is 11.6 Å². The van der Waals surface area contributed by atoms with Crippen molar-refractivity contribution < 1.29 is 12.8 Å². The summed E-state index contributed by atoms with van der Waals surface area (Å²) < 4.78 is 41.0. The van der Waals surface area contributed by atoms with Gasteiger partial charge in [0.1, 0.15) is 11.6 Å². The van der Waals surface area contributed by atoms with E-state index in [0.29, 0.717) is 23.1 Å². The van der Waals surface area contributed by atoms with Gasteiger partial charge in [-0.2, -0.15) is 9.29 Å². The fourth-order valence-electron chi connectivity index (χ4n) is 3.77. The van der Waals surface area contributed by atoms with Gasteiger partial charge in [0.25, 0.3) is 0 Å². The normalized spacial score (nSPS) is 15.4. The van der Waals surface area contributed by atoms with E-state index in [9.17, 15) is 12.8 Å². The number of hydrogen-bond acceptors (Lipinski definition) is 7. The van der Waals surface area contributed by atoms with Gasteiger partial charge in [-0.15, -0.1) is 0 Å². The number of aromatic nitrogens is 2. The van der Waals surface area contributed by atoms with Crippen LogP contribution in [-0.4, -0.2) is 60.8 Å². The Kier molecular flexibility index (Phi) is 7.32. The predicted octanol–water partition coefficient (Wildman–Crippen LogP) is 4.47. The minimum absolute atomic E-state index is 0.00127. The molecule has 0 bridgehead atoms. The van der Waals surface area contributed by atoms with Crippen molar-refractivity contribution in [3.8, 4) is 0 Å². The molecular formula is C23H26ClFN6O2S. The Morgan fingerprint density at radius 2 is 1.74 bits per heavy atom. The first-order valence-corrected chi connectivity index (χ1v) is 12.6. The Bertz CT molecular complexity index is 1250. The summed E-state index contributed by atoms with van der Waals surface area (Å²) in [5.41, 5.74) is 1.22. The Hall–Kier alpha value is -2.79. The van der Waals surface area contributed by atoms with Crippen LogP contribution in [0.4, 0.5) is 27.5 Å². The molecule has 8 nitrogen and oxygen atoms in total. The topological polar surface area (TPSA) is 90.5 Å². The minimum Gasteiger partial charge on any atom is -0.340 e. The van der Waals surface area contributed by atoms with Crippen LogP contribution in [0.5, 0.6) is 0 Å². The fraction of sp³-hybridized carbons (Fsp3) is 0.304. The van der Waals surface area contributed by atoms with Gasteiger partial charge in [0.15, 0.2) is 0 Å². The molecule has 180 valence electrons. The average molecular weight is 505 g/mol. The van der Waals surface area contributed by atoms with Gasteiger partial charge in [-0.3, -0.25) is 0 Å². The quantitative estimate of drug-likeness (QED) is 0.490. The summed E-state index contributed by atoms with van der Waals surface area (Å²) in [5, 5.41) is 6.12. The molecule has 1 aliphatic heterocycles. The lowest BCUT2D eigenvalue weighted by Gasteiger charge is -2.34. The average Bonchev–Trinajstić information content (AvgIpc) is 2.82. The molecule has 4 rings (SSSR count). The number of piperidine rings is 1. The summed E-state index contributed by atoms with van der Waals surface area (Å²) in [7, 11) is 0.112. The summed E-state index contributed by atoms with van der Waals surface area (Å²) >= 11 is 5.82. The number of hydrogen-bond donors (Lipinski definition) is 2. The molecular weight excluding hydrogens is 479 g/mol. The van der Waals surface area contributed by atoms with Crippen LogP contribution in [0.1, 0.15) is 12.8 Å². The molecule has 0 atom stereocenters. The molecule has 1 aromatic heterocycles. The van der Waals surface area contributed by atoms with Crippen molar-refractivity contribution in [1.82, 2.24) is 19.2 Å². The van der Waals surface area contributed by atoms with E-state index in [1.165, 1.54) is 16.4 Å². The van der Waals surface area contributed by atoms with Gasteiger partial charge in [-0.1, -0.05) is 11.6 Å². The maximum atomic E-state index is 13.4. The molecule has 0 amide bonds. The van der Waals surface area contributed by atoms with Gasteiger partial charge in [0.2, 0.25) is 16.0 Å². The highest BCUT2D eigenvalue weighted by Gasteiger charge is 2.30. The second kappa shape index (κ2) is 10.2. The monoisotopic (exact) mass is 504 g/mol. The first-order valence-electron chi connectivity index (χ1n) is 10.8. The van der Waals surface area contributed by atoms with Crippen molar-refractivity contribution in [2.75, 3.05) is 37.8 Å². The van der Waals surface area contributed by atoms with Gasteiger partial charge in [0, 0.05) is 30.7 Å². The number of likely N-dealkylation sites (tertiary alicyclic amines) is 1. The summed E-state index contributed by atoms with van der Waals surface area (Å²) in [4.78, 5) is 11.0. The Labute approximate surface area is 203 Å². The summed E-state index contributed by atoms with van der Waals surface area (Å²) in [6.45, 7) is 1.77. The maximum Gasteiger partial charge on any atom is 0.243 e. The number of rotatable bonds is 7. The van der Waals surface area contributed by atoms with Gasteiger partial charge in [-0.25, -0.2) is 17.8 Å². The van der Waals surface area contributed by atoms with Crippen molar-refractivity contribution in [2.24, 2.45) is 0 Å². The first kappa shape index (κ1) is 24.3. The van der Waals surface area contributed by atoms with E-state index >= 15 is 0 Å². The Morgan fingerprint density at radius 3 is 2.41 bits per heavy atom. The number of nitrogens with one attached hydrogen (secondary N) is 2. The Balaban J connectivity index is 1.43. The lowest BCUT2D eigenvalue weighted by atomic mass is 10.1. The van der Waals surface area contributed by atoms with Crippen molar-refractivity contribution in [1.29, 1.82) is 0 Å². The Morgan fingerprint density at radius 1 is 1.06 bits per heavy atom. The van der Waals surface area contributed by atoms with Crippen LogP contribution in [0.3, 0.4) is 0 Å². The third kappa shape index (κ3) is 5.64. The molecule has 2 aromatic carbocycles. The maximum absolute atomic E-state index is 13.4. The van der Waals surface area contributed by atoms with Crippen molar-refractivity contribution >= 4 is 44.8 Å². The van der Waals surface area contributed by atoms with Gasteiger partial charge in [-0.05, 0) is 81.5 Å². The van der Waals surface area contributed by atoms with Crippen molar-refractivity contribution in [3.05, 3.63) is 65.6 Å². The summed E-state index contributed by atoms with van der Waals surface area (Å²) in [6, 6.07) is 12.5. The molecule has 0 radical (unpaired) electrons. The van der Waals surface area contributed by atoms with Gasteiger partial charge >= 0.3 is 0 Å². The van der Waals surface area contributed by atoms with E-state index < -0.39 is 15.8 Å². The molecule has 1 saturated heterocycles. The zero-order chi connectivity index (χ0) is 24.3. The molecule has 0 spiro atoms. The van der Waals surface area contributed by atoms with Crippen LogP contribution in [0, 0.1) is 5.82 Å². The second-order valence-corrected chi connectivity index (χ2v) is 10.6.